The fourth-order valence-electron chi connectivity index (χ4n) is 3.09. The molecule has 0 spiro atoms. The third kappa shape index (κ3) is 3.80. The van der Waals surface area contributed by atoms with Crippen molar-refractivity contribution >= 4 is 15.9 Å². The largest absolute Gasteiger partial charge is 0.315 e. The molecule has 2 unspecified atom stereocenters. The number of rotatable bonds is 5. The van der Waals surface area contributed by atoms with Crippen LogP contribution in [0.5, 0.6) is 0 Å². The van der Waals surface area contributed by atoms with Crippen LogP contribution in [0, 0.1) is 5.82 Å². The molecule has 1 aliphatic rings. The van der Waals surface area contributed by atoms with Crippen LogP contribution < -0.4 is 5.32 Å². The van der Waals surface area contributed by atoms with E-state index in [-0.39, 0.29) is 11.9 Å². The molecule has 112 valence electrons. The normalized spacial score (nSPS) is 21.1. The van der Waals surface area contributed by atoms with Crippen LogP contribution in [0.25, 0.3) is 0 Å². The van der Waals surface area contributed by atoms with E-state index >= 15 is 0 Å². The Bertz CT molecular complexity index is 432. The van der Waals surface area contributed by atoms with E-state index in [1.807, 2.05) is 12.1 Å². The minimum atomic E-state index is -0.114. The van der Waals surface area contributed by atoms with Crippen LogP contribution in [-0.4, -0.2) is 30.6 Å². The van der Waals surface area contributed by atoms with Crippen molar-refractivity contribution in [2.24, 2.45) is 0 Å². The molecule has 1 aromatic rings. The van der Waals surface area contributed by atoms with E-state index in [2.05, 4.69) is 40.0 Å². The van der Waals surface area contributed by atoms with Gasteiger partial charge in [-0.2, -0.15) is 0 Å². The third-order valence-electron chi connectivity index (χ3n) is 4.13. The number of hydrogen-bond acceptors (Lipinski definition) is 2. The average Bonchev–Trinajstić information content (AvgIpc) is 2.45. The molecule has 0 amide bonds. The third-order valence-corrected chi connectivity index (χ3v) is 4.62. The van der Waals surface area contributed by atoms with E-state index in [4.69, 9.17) is 0 Å². The van der Waals surface area contributed by atoms with Gasteiger partial charge in [-0.05, 0) is 51.4 Å². The minimum Gasteiger partial charge on any atom is -0.315 e. The molecule has 1 aliphatic heterocycles. The zero-order chi connectivity index (χ0) is 14.5. The van der Waals surface area contributed by atoms with Crippen LogP contribution in [-0.2, 0) is 0 Å². The topological polar surface area (TPSA) is 15.3 Å². The quantitative estimate of drug-likeness (QED) is 0.865. The number of benzene rings is 1. The maximum Gasteiger partial charge on any atom is 0.129 e. The van der Waals surface area contributed by atoms with Gasteiger partial charge in [0.25, 0.3) is 0 Å². The van der Waals surface area contributed by atoms with Crippen molar-refractivity contribution in [2.45, 2.75) is 45.2 Å². The highest BCUT2D eigenvalue weighted by atomic mass is 79.9. The van der Waals surface area contributed by atoms with Gasteiger partial charge in [0.15, 0.2) is 0 Å². The highest BCUT2D eigenvalue weighted by Crippen LogP contribution is 2.28. The van der Waals surface area contributed by atoms with Crippen LogP contribution in [0.1, 0.15) is 44.7 Å². The number of nitrogens with one attached hydrogen (secondary N) is 1. The molecule has 2 atom stereocenters. The Morgan fingerprint density at radius 1 is 1.50 bits per heavy atom. The Labute approximate surface area is 129 Å². The summed E-state index contributed by atoms with van der Waals surface area (Å²) in [6, 6.07) is 6.03. The molecule has 0 radical (unpaired) electrons. The van der Waals surface area contributed by atoms with Crippen molar-refractivity contribution in [1.29, 1.82) is 0 Å². The molecule has 1 heterocycles. The summed E-state index contributed by atoms with van der Waals surface area (Å²) >= 11 is 3.33. The number of hydrogen-bond donors (Lipinski definition) is 1. The molecule has 1 N–H and O–H groups in total. The summed E-state index contributed by atoms with van der Waals surface area (Å²) in [7, 11) is 0. The van der Waals surface area contributed by atoms with Gasteiger partial charge in [0.05, 0.1) is 0 Å². The van der Waals surface area contributed by atoms with Crippen molar-refractivity contribution in [1.82, 2.24) is 10.2 Å². The van der Waals surface area contributed by atoms with Gasteiger partial charge in [-0.25, -0.2) is 4.39 Å². The summed E-state index contributed by atoms with van der Waals surface area (Å²) in [5, 5.41) is 3.46. The molecule has 4 heteroatoms. The molecule has 0 saturated carbocycles. The van der Waals surface area contributed by atoms with Gasteiger partial charge in [-0.1, -0.05) is 28.9 Å². The first kappa shape index (κ1) is 15.9. The van der Waals surface area contributed by atoms with Crippen molar-refractivity contribution in [3.05, 3.63) is 34.1 Å². The van der Waals surface area contributed by atoms with Gasteiger partial charge in [0.1, 0.15) is 5.82 Å². The van der Waals surface area contributed by atoms with Gasteiger partial charge < -0.3 is 5.32 Å². The Morgan fingerprint density at radius 2 is 2.30 bits per heavy atom. The number of halogens is 2. The Kier molecular flexibility index (Phi) is 6.00. The predicted octanol–water partition coefficient (Wildman–Crippen LogP) is 4.11. The summed E-state index contributed by atoms with van der Waals surface area (Å²) in [6.07, 6.45) is 3.51. The minimum absolute atomic E-state index is 0.114. The maximum atomic E-state index is 14.2. The molecule has 1 saturated heterocycles. The molecule has 20 heavy (non-hydrogen) atoms. The van der Waals surface area contributed by atoms with E-state index in [1.165, 1.54) is 12.8 Å². The Hall–Kier alpha value is -0.450. The van der Waals surface area contributed by atoms with Gasteiger partial charge in [-0.15, -0.1) is 0 Å². The zero-order valence-electron chi connectivity index (χ0n) is 12.3. The lowest BCUT2D eigenvalue weighted by atomic mass is 9.99. The van der Waals surface area contributed by atoms with Gasteiger partial charge >= 0.3 is 0 Å². The van der Waals surface area contributed by atoms with Crippen molar-refractivity contribution in [2.75, 3.05) is 19.6 Å². The van der Waals surface area contributed by atoms with Gasteiger partial charge in [0, 0.05) is 28.7 Å². The van der Waals surface area contributed by atoms with Crippen LogP contribution in [0.2, 0.25) is 0 Å². The summed E-state index contributed by atoms with van der Waals surface area (Å²) in [6.45, 7) is 7.45. The van der Waals surface area contributed by atoms with E-state index in [0.29, 0.717) is 6.04 Å². The monoisotopic (exact) mass is 342 g/mol. The lowest BCUT2D eigenvalue weighted by Crippen LogP contribution is -2.47. The highest BCUT2D eigenvalue weighted by molar-refractivity contribution is 9.10. The first-order chi connectivity index (χ1) is 9.63. The van der Waals surface area contributed by atoms with Crippen molar-refractivity contribution in [3.8, 4) is 0 Å². The lowest BCUT2D eigenvalue weighted by Gasteiger charge is -2.39. The van der Waals surface area contributed by atoms with Gasteiger partial charge in [0.2, 0.25) is 0 Å². The fourth-order valence-corrected chi connectivity index (χ4v) is 3.42. The van der Waals surface area contributed by atoms with Gasteiger partial charge in [-0.3, -0.25) is 4.90 Å². The fraction of sp³-hybridized carbons (Fsp3) is 0.625. The second kappa shape index (κ2) is 7.53. The molecule has 2 rings (SSSR count). The molecular formula is C16H24BrFN2. The van der Waals surface area contributed by atoms with Crippen LogP contribution in [0.4, 0.5) is 4.39 Å². The molecule has 1 aromatic carbocycles. The van der Waals surface area contributed by atoms with E-state index in [9.17, 15) is 4.39 Å². The smallest absolute Gasteiger partial charge is 0.129 e. The second-order valence-electron chi connectivity index (χ2n) is 5.58. The number of piperidine rings is 1. The average molecular weight is 343 g/mol. The molecule has 2 nitrogen and oxygen atoms in total. The Morgan fingerprint density at radius 3 is 2.90 bits per heavy atom. The SMILES string of the molecule is CCCN(C1CCCNC1)C(C)c1ccc(Br)cc1F. The summed E-state index contributed by atoms with van der Waals surface area (Å²) in [4.78, 5) is 2.46. The molecule has 1 fully saturated rings. The lowest BCUT2D eigenvalue weighted by molar-refractivity contribution is 0.118. The zero-order valence-corrected chi connectivity index (χ0v) is 13.9. The van der Waals surface area contributed by atoms with Crippen LogP contribution in [0.15, 0.2) is 22.7 Å². The van der Waals surface area contributed by atoms with Crippen molar-refractivity contribution in [3.63, 3.8) is 0 Å². The molecule has 0 aliphatic carbocycles. The van der Waals surface area contributed by atoms with Crippen LogP contribution in [0.3, 0.4) is 0 Å². The Balaban J connectivity index is 2.18. The van der Waals surface area contributed by atoms with E-state index in [1.54, 1.807) is 6.07 Å². The van der Waals surface area contributed by atoms with E-state index < -0.39 is 0 Å². The first-order valence-corrected chi connectivity index (χ1v) is 8.34. The summed E-state index contributed by atoms with van der Waals surface area (Å²) < 4.78 is 15.0. The molecule has 0 bridgehead atoms. The maximum absolute atomic E-state index is 14.2. The molecule has 0 aromatic heterocycles. The summed E-state index contributed by atoms with van der Waals surface area (Å²) in [5.41, 5.74) is 0.798. The standard InChI is InChI=1S/C16H24BrFN2/c1-3-9-20(14-5-4-8-19-11-14)12(2)15-7-6-13(17)10-16(15)18/h6-7,10,12,14,19H,3-5,8-9,11H2,1-2H3. The van der Waals surface area contributed by atoms with Crippen molar-refractivity contribution < 1.29 is 4.39 Å². The summed E-state index contributed by atoms with van der Waals surface area (Å²) in [5.74, 6) is -0.114. The van der Waals surface area contributed by atoms with E-state index in [0.717, 1.165) is 36.1 Å². The first-order valence-electron chi connectivity index (χ1n) is 7.55. The highest BCUT2D eigenvalue weighted by Gasteiger charge is 2.26. The molecular weight excluding hydrogens is 319 g/mol. The predicted molar refractivity (Wildman–Crippen MR) is 85.4 cm³/mol. The number of nitrogens with zero attached hydrogens (tertiary/aromatic N) is 1. The van der Waals surface area contributed by atoms with Crippen LogP contribution >= 0.6 is 15.9 Å². The second-order valence-corrected chi connectivity index (χ2v) is 6.50.